The molecule has 2 aromatic carbocycles. The minimum absolute atomic E-state index is 0.00526. The molecule has 0 radical (unpaired) electrons. The Bertz CT molecular complexity index is 952. The summed E-state index contributed by atoms with van der Waals surface area (Å²) >= 11 is 0. The van der Waals surface area contributed by atoms with Crippen molar-refractivity contribution in [1.82, 2.24) is 5.32 Å². The van der Waals surface area contributed by atoms with E-state index in [1.54, 1.807) is 25.3 Å². The number of allylic oxidation sites excluding steroid dienone is 1. The van der Waals surface area contributed by atoms with Crippen LogP contribution in [0.3, 0.4) is 0 Å². The Labute approximate surface area is 182 Å². The predicted octanol–water partition coefficient (Wildman–Crippen LogP) is 4.22. The summed E-state index contributed by atoms with van der Waals surface area (Å²) < 4.78 is 25.8. The molecule has 1 aliphatic heterocycles. The highest BCUT2D eigenvalue weighted by Gasteiger charge is 2.23. The number of hydrogen-bond donors (Lipinski definition) is 3. The first-order chi connectivity index (χ1) is 15.0. The van der Waals surface area contributed by atoms with E-state index >= 15 is 0 Å². The molecule has 2 aromatic rings. The lowest BCUT2D eigenvalue weighted by Crippen LogP contribution is -2.32. The van der Waals surface area contributed by atoms with Crippen molar-refractivity contribution in [3.8, 4) is 5.75 Å². The molecule has 3 rings (SSSR count). The number of carbonyl (C=O) groups is 1. The van der Waals surface area contributed by atoms with E-state index in [0.29, 0.717) is 25.1 Å². The molecule has 6 nitrogen and oxygen atoms in total. The number of methoxy groups -OCH3 is 1. The third-order valence-electron chi connectivity index (χ3n) is 5.33. The van der Waals surface area contributed by atoms with Gasteiger partial charge in [-0.3, -0.25) is 4.79 Å². The summed E-state index contributed by atoms with van der Waals surface area (Å²) in [6, 6.07) is 9.42. The van der Waals surface area contributed by atoms with E-state index in [-0.39, 0.29) is 23.3 Å². The van der Waals surface area contributed by atoms with Gasteiger partial charge in [0.1, 0.15) is 0 Å². The van der Waals surface area contributed by atoms with Gasteiger partial charge in [0.15, 0.2) is 11.6 Å². The normalized spacial score (nSPS) is 15.8. The number of nitrogens with one attached hydrogen (secondary N) is 3. The van der Waals surface area contributed by atoms with Crippen LogP contribution >= 0.6 is 0 Å². The maximum atomic E-state index is 15.0. The summed E-state index contributed by atoms with van der Waals surface area (Å²) in [7, 11) is 1.37. The molecular weight excluding hydrogens is 397 g/mol. The monoisotopic (exact) mass is 425 g/mol. The number of rotatable bonds is 9. The maximum absolute atomic E-state index is 15.0. The van der Waals surface area contributed by atoms with Gasteiger partial charge in [-0.15, -0.1) is 0 Å². The van der Waals surface area contributed by atoms with E-state index in [0.717, 1.165) is 29.7 Å². The van der Waals surface area contributed by atoms with Crippen molar-refractivity contribution in [2.24, 2.45) is 0 Å². The Morgan fingerprint density at radius 3 is 2.77 bits per heavy atom. The SMILES string of the molecule is COc1c(C(=O)NCC2CCCO2)cc(Cc2ccc(N/C=C\C=N)cc2)c(C)c1F. The Balaban J connectivity index is 1.79. The van der Waals surface area contributed by atoms with Crippen LogP contribution in [-0.2, 0) is 11.2 Å². The van der Waals surface area contributed by atoms with Gasteiger partial charge in [0.05, 0.1) is 18.8 Å². The van der Waals surface area contributed by atoms with Crippen LogP contribution < -0.4 is 15.4 Å². The average molecular weight is 426 g/mol. The summed E-state index contributed by atoms with van der Waals surface area (Å²) in [4.78, 5) is 12.8. The van der Waals surface area contributed by atoms with Gasteiger partial charge >= 0.3 is 0 Å². The van der Waals surface area contributed by atoms with Crippen molar-refractivity contribution in [3.63, 3.8) is 0 Å². The second kappa shape index (κ2) is 10.7. The van der Waals surface area contributed by atoms with Crippen LogP contribution in [0.2, 0.25) is 0 Å². The third kappa shape index (κ3) is 5.70. The molecule has 1 fully saturated rings. The number of halogens is 1. The predicted molar refractivity (Wildman–Crippen MR) is 120 cm³/mol. The van der Waals surface area contributed by atoms with E-state index in [4.69, 9.17) is 14.9 Å². The maximum Gasteiger partial charge on any atom is 0.255 e. The van der Waals surface area contributed by atoms with Gasteiger partial charge in [-0.25, -0.2) is 4.39 Å². The first kappa shape index (κ1) is 22.5. The molecule has 0 aromatic heterocycles. The average Bonchev–Trinajstić information content (AvgIpc) is 3.30. The fraction of sp³-hybridized carbons (Fsp3) is 0.333. The number of anilines is 1. The van der Waals surface area contributed by atoms with Crippen LogP contribution in [0.5, 0.6) is 5.75 Å². The molecule has 3 N–H and O–H groups in total. The van der Waals surface area contributed by atoms with Gasteiger partial charge in [-0.2, -0.15) is 0 Å². The highest BCUT2D eigenvalue weighted by molar-refractivity contribution is 5.97. The molecule has 0 spiro atoms. The molecular formula is C24H28FN3O3. The fourth-order valence-corrected chi connectivity index (χ4v) is 3.57. The summed E-state index contributed by atoms with van der Waals surface area (Å²) in [5.74, 6) is -0.925. The van der Waals surface area contributed by atoms with Crippen LogP contribution in [0, 0.1) is 18.2 Å². The molecule has 31 heavy (non-hydrogen) atoms. The quantitative estimate of drug-likeness (QED) is 0.526. The number of amides is 1. The summed E-state index contributed by atoms with van der Waals surface area (Å²) in [5.41, 5.74) is 3.25. The van der Waals surface area contributed by atoms with Gasteiger partial charge in [-0.05, 0) is 67.2 Å². The number of ether oxygens (including phenoxy) is 2. The van der Waals surface area contributed by atoms with Crippen molar-refractivity contribution in [2.45, 2.75) is 32.3 Å². The summed E-state index contributed by atoms with van der Waals surface area (Å²) in [6.07, 6.45) is 6.83. The Morgan fingerprint density at radius 2 is 2.13 bits per heavy atom. The largest absolute Gasteiger partial charge is 0.493 e. The van der Waals surface area contributed by atoms with Crippen molar-refractivity contribution in [2.75, 3.05) is 25.6 Å². The Morgan fingerprint density at radius 1 is 1.35 bits per heavy atom. The smallest absolute Gasteiger partial charge is 0.255 e. The van der Waals surface area contributed by atoms with Gasteiger partial charge < -0.3 is 25.5 Å². The lowest BCUT2D eigenvalue weighted by Gasteiger charge is -2.17. The van der Waals surface area contributed by atoms with Crippen molar-refractivity contribution in [1.29, 1.82) is 5.41 Å². The van der Waals surface area contributed by atoms with Crippen LogP contribution in [0.25, 0.3) is 0 Å². The minimum atomic E-state index is -0.516. The molecule has 7 heteroatoms. The second-order valence-corrected chi connectivity index (χ2v) is 7.44. The van der Waals surface area contributed by atoms with E-state index in [2.05, 4.69) is 10.6 Å². The third-order valence-corrected chi connectivity index (χ3v) is 5.33. The van der Waals surface area contributed by atoms with Gasteiger partial charge in [0.25, 0.3) is 5.91 Å². The molecule has 1 unspecified atom stereocenters. The van der Waals surface area contributed by atoms with Gasteiger partial charge in [0.2, 0.25) is 0 Å². The highest BCUT2D eigenvalue weighted by Crippen LogP contribution is 2.30. The number of carbonyl (C=O) groups excluding carboxylic acids is 1. The van der Waals surface area contributed by atoms with Crippen LogP contribution in [0.1, 0.15) is 39.9 Å². The molecule has 1 heterocycles. The van der Waals surface area contributed by atoms with E-state index < -0.39 is 5.82 Å². The summed E-state index contributed by atoms with van der Waals surface area (Å²) in [6.45, 7) is 2.80. The minimum Gasteiger partial charge on any atom is -0.493 e. The second-order valence-electron chi connectivity index (χ2n) is 7.44. The molecule has 0 saturated carbocycles. The zero-order chi connectivity index (χ0) is 22.2. The number of hydrogen-bond acceptors (Lipinski definition) is 5. The topological polar surface area (TPSA) is 83.4 Å². The van der Waals surface area contributed by atoms with Crippen molar-refractivity contribution in [3.05, 3.63) is 70.7 Å². The molecule has 0 bridgehead atoms. The Kier molecular flexibility index (Phi) is 7.78. The lowest BCUT2D eigenvalue weighted by molar-refractivity contribution is 0.0854. The molecule has 1 amide bonds. The van der Waals surface area contributed by atoms with Crippen LogP contribution in [0.15, 0.2) is 42.6 Å². The molecule has 164 valence electrons. The van der Waals surface area contributed by atoms with E-state index in [9.17, 15) is 9.18 Å². The van der Waals surface area contributed by atoms with Crippen molar-refractivity contribution < 1.29 is 18.7 Å². The van der Waals surface area contributed by atoms with Gasteiger partial charge in [-0.1, -0.05) is 12.1 Å². The lowest BCUT2D eigenvalue weighted by atomic mass is 9.96. The zero-order valence-electron chi connectivity index (χ0n) is 17.8. The first-order valence-electron chi connectivity index (χ1n) is 10.3. The van der Waals surface area contributed by atoms with Crippen LogP contribution in [0.4, 0.5) is 10.1 Å². The molecule has 1 saturated heterocycles. The van der Waals surface area contributed by atoms with Crippen molar-refractivity contribution >= 4 is 17.8 Å². The molecule has 1 atom stereocenters. The Hall–Kier alpha value is -3.19. The van der Waals surface area contributed by atoms with E-state index in [1.807, 2.05) is 24.3 Å². The zero-order valence-corrected chi connectivity index (χ0v) is 17.8. The van der Waals surface area contributed by atoms with E-state index in [1.165, 1.54) is 13.3 Å². The first-order valence-corrected chi connectivity index (χ1v) is 10.3. The fourth-order valence-electron chi connectivity index (χ4n) is 3.57. The molecule has 0 aliphatic carbocycles. The standard InChI is InChI=1S/C24H28FN3O3/c1-16-18(13-17-6-8-19(9-7-17)27-11-4-10-26)14-21(23(30-2)22(16)25)24(29)28-15-20-5-3-12-31-20/h4,6-11,14,20,26-27H,3,5,12-13,15H2,1-2H3,(H,28,29)/b11-4-,26-10?. The van der Waals surface area contributed by atoms with Gasteiger partial charge in [0, 0.05) is 31.3 Å². The highest BCUT2D eigenvalue weighted by atomic mass is 19.1. The number of benzene rings is 2. The summed E-state index contributed by atoms with van der Waals surface area (Å²) in [5, 5.41) is 12.9. The molecule has 1 aliphatic rings. The van der Waals surface area contributed by atoms with Crippen LogP contribution in [-0.4, -0.2) is 38.5 Å².